The van der Waals surface area contributed by atoms with E-state index in [1.165, 1.54) is 0 Å². The molecule has 4 heteroatoms. The molecule has 0 aliphatic heterocycles. The number of ketones is 1. The number of rotatable bonds is 6. The van der Waals surface area contributed by atoms with E-state index in [2.05, 4.69) is 5.32 Å². The Kier molecular flexibility index (Phi) is 5.59. The summed E-state index contributed by atoms with van der Waals surface area (Å²) >= 11 is 0. The molecule has 25 heavy (non-hydrogen) atoms. The number of benzene rings is 2. The van der Waals surface area contributed by atoms with Crippen LogP contribution in [0.25, 0.3) is 0 Å². The summed E-state index contributed by atoms with van der Waals surface area (Å²) in [7, 11) is 3.27. The van der Waals surface area contributed by atoms with Crippen LogP contribution in [0.15, 0.2) is 48.5 Å². The summed E-state index contributed by atoms with van der Waals surface area (Å²) in [5.74, 6) is 1.64. The maximum absolute atomic E-state index is 12.6. The number of nitrogens with one attached hydrogen (secondary N) is 1. The van der Waals surface area contributed by atoms with E-state index in [0.29, 0.717) is 23.7 Å². The van der Waals surface area contributed by atoms with E-state index in [0.717, 1.165) is 30.5 Å². The number of anilines is 1. The van der Waals surface area contributed by atoms with E-state index in [1.807, 2.05) is 48.5 Å². The van der Waals surface area contributed by atoms with Crippen LogP contribution in [0, 0.1) is 5.92 Å². The molecule has 1 saturated carbocycles. The normalized spacial score (nSPS) is 18.5. The summed E-state index contributed by atoms with van der Waals surface area (Å²) in [6.45, 7) is 0. The second kappa shape index (κ2) is 8.06. The first kappa shape index (κ1) is 17.3. The maximum Gasteiger partial charge on any atom is 0.165 e. The van der Waals surface area contributed by atoms with Gasteiger partial charge in [0, 0.05) is 23.6 Å². The first-order valence-electron chi connectivity index (χ1n) is 8.79. The fraction of sp³-hybridized carbons (Fsp3) is 0.381. The van der Waals surface area contributed by atoms with Crippen LogP contribution in [0.3, 0.4) is 0 Å². The Morgan fingerprint density at radius 2 is 1.80 bits per heavy atom. The van der Waals surface area contributed by atoms with E-state index >= 15 is 0 Å². The molecule has 2 aromatic carbocycles. The highest BCUT2D eigenvalue weighted by atomic mass is 16.5. The Morgan fingerprint density at radius 1 is 1.00 bits per heavy atom. The van der Waals surface area contributed by atoms with E-state index in [1.54, 1.807) is 14.2 Å². The Morgan fingerprint density at radius 3 is 2.48 bits per heavy atom. The van der Waals surface area contributed by atoms with E-state index < -0.39 is 0 Å². The highest BCUT2D eigenvalue weighted by Gasteiger charge is 2.33. The van der Waals surface area contributed by atoms with Crippen molar-refractivity contribution in [3.05, 3.63) is 54.1 Å². The van der Waals surface area contributed by atoms with Gasteiger partial charge in [-0.1, -0.05) is 36.8 Å². The average molecular weight is 339 g/mol. The van der Waals surface area contributed by atoms with Crippen LogP contribution >= 0.6 is 0 Å². The molecular weight excluding hydrogens is 314 g/mol. The van der Waals surface area contributed by atoms with Gasteiger partial charge >= 0.3 is 0 Å². The second-order valence-corrected chi connectivity index (χ2v) is 6.39. The lowest BCUT2D eigenvalue weighted by atomic mass is 9.79. The van der Waals surface area contributed by atoms with Gasteiger partial charge < -0.3 is 14.8 Å². The van der Waals surface area contributed by atoms with E-state index in [4.69, 9.17) is 9.47 Å². The molecule has 1 N–H and O–H groups in total. The molecule has 0 unspecified atom stereocenters. The third-order valence-corrected chi connectivity index (χ3v) is 4.87. The third-order valence-electron chi connectivity index (χ3n) is 4.87. The summed E-state index contributed by atoms with van der Waals surface area (Å²) in [6.07, 6.45) is 3.62. The van der Waals surface area contributed by atoms with Crippen LogP contribution in [0.5, 0.6) is 11.5 Å². The van der Waals surface area contributed by atoms with Gasteiger partial charge in [-0.25, -0.2) is 0 Å². The SMILES string of the molecule is COc1cccc([C@H](Nc2ccccc2)[C@@H]2CCCCC2=O)c1OC. The van der Waals surface area contributed by atoms with Crippen molar-refractivity contribution in [1.29, 1.82) is 0 Å². The molecule has 132 valence electrons. The number of carbonyl (C=O) groups excluding carboxylic acids is 1. The first-order chi connectivity index (χ1) is 12.2. The van der Waals surface area contributed by atoms with Crippen molar-refractivity contribution in [1.82, 2.24) is 0 Å². The summed E-state index contributed by atoms with van der Waals surface area (Å²) in [4.78, 5) is 12.6. The maximum atomic E-state index is 12.6. The van der Waals surface area contributed by atoms with Crippen molar-refractivity contribution in [2.75, 3.05) is 19.5 Å². The highest BCUT2D eigenvalue weighted by molar-refractivity contribution is 5.83. The number of carbonyl (C=O) groups is 1. The zero-order chi connectivity index (χ0) is 17.6. The van der Waals surface area contributed by atoms with Crippen LogP contribution in [-0.4, -0.2) is 20.0 Å². The molecule has 1 aliphatic rings. The van der Waals surface area contributed by atoms with E-state index in [9.17, 15) is 4.79 Å². The van der Waals surface area contributed by atoms with Gasteiger partial charge in [0.1, 0.15) is 5.78 Å². The van der Waals surface area contributed by atoms with Crippen molar-refractivity contribution >= 4 is 11.5 Å². The molecule has 1 aliphatic carbocycles. The van der Waals surface area contributed by atoms with Gasteiger partial charge in [-0.3, -0.25) is 4.79 Å². The van der Waals surface area contributed by atoms with Gasteiger partial charge in [0.2, 0.25) is 0 Å². The fourth-order valence-electron chi connectivity index (χ4n) is 3.63. The summed E-state index contributed by atoms with van der Waals surface area (Å²) in [6, 6.07) is 15.7. The third kappa shape index (κ3) is 3.78. The quantitative estimate of drug-likeness (QED) is 0.834. The smallest absolute Gasteiger partial charge is 0.165 e. The first-order valence-corrected chi connectivity index (χ1v) is 8.79. The molecule has 0 heterocycles. The van der Waals surface area contributed by atoms with Gasteiger partial charge in [-0.2, -0.15) is 0 Å². The Hall–Kier alpha value is -2.49. The van der Waals surface area contributed by atoms with Crippen molar-refractivity contribution < 1.29 is 14.3 Å². The van der Waals surface area contributed by atoms with Gasteiger partial charge in [0.25, 0.3) is 0 Å². The lowest BCUT2D eigenvalue weighted by Gasteiger charge is -2.32. The van der Waals surface area contributed by atoms with Crippen molar-refractivity contribution in [3.63, 3.8) is 0 Å². The number of Topliss-reactive ketones (excluding diaryl/α,β-unsaturated/α-hetero) is 1. The largest absolute Gasteiger partial charge is 0.493 e. The molecule has 3 rings (SSSR count). The molecule has 0 spiro atoms. The minimum Gasteiger partial charge on any atom is -0.493 e. The predicted octanol–water partition coefficient (Wildman–Crippen LogP) is 4.62. The Bertz CT molecular complexity index is 714. The van der Waals surface area contributed by atoms with Crippen LogP contribution in [-0.2, 0) is 4.79 Å². The molecular formula is C21H25NO3. The molecule has 4 nitrogen and oxygen atoms in total. The number of hydrogen-bond donors (Lipinski definition) is 1. The van der Waals surface area contributed by atoms with Crippen LogP contribution in [0.2, 0.25) is 0 Å². The highest BCUT2D eigenvalue weighted by Crippen LogP contribution is 2.42. The van der Waals surface area contributed by atoms with Crippen molar-refractivity contribution in [2.45, 2.75) is 31.7 Å². The molecule has 2 atom stereocenters. The van der Waals surface area contributed by atoms with Crippen LogP contribution < -0.4 is 14.8 Å². The number of hydrogen-bond acceptors (Lipinski definition) is 4. The number of methoxy groups -OCH3 is 2. The molecule has 2 aromatic rings. The van der Waals surface area contributed by atoms with Gasteiger partial charge in [0.15, 0.2) is 11.5 Å². The van der Waals surface area contributed by atoms with Crippen molar-refractivity contribution in [2.24, 2.45) is 5.92 Å². The molecule has 0 radical (unpaired) electrons. The van der Waals surface area contributed by atoms with Crippen molar-refractivity contribution in [3.8, 4) is 11.5 Å². The van der Waals surface area contributed by atoms with Gasteiger partial charge in [-0.15, -0.1) is 0 Å². The minimum absolute atomic E-state index is 0.0602. The topological polar surface area (TPSA) is 47.6 Å². The summed E-state index contributed by atoms with van der Waals surface area (Å²) in [5.41, 5.74) is 1.96. The minimum atomic E-state index is -0.139. The average Bonchev–Trinajstić information content (AvgIpc) is 2.67. The summed E-state index contributed by atoms with van der Waals surface area (Å²) in [5, 5.41) is 3.57. The lowest BCUT2D eigenvalue weighted by Crippen LogP contribution is -2.30. The van der Waals surface area contributed by atoms with Crippen LogP contribution in [0.4, 0.5) is 5.69 Å². The monoisotopic (exact) mass is 339 g/mol. The zero-order valence-electron chi connectivity index (χ0n) is 14.8. The number of para-hydroxylation sites is 2. The Balaban J connectivity index is 2.03. The Labute approximate surface area is 149 Å². The van der Waals surface area contributed by atoms with Crippen LogP contribution in [0.1, 0.15) is 37.3 Å². The molecule has 0 bridgehead atoms. The molecule has 1 fully saturated rings. The second-order valence-electron chi connectivity index (χ2n) is 6.39. The molecule has 0 saturated heterocycles. The number of ether oxygens (including phenoxy) is 2. The predicted molar refractivity (Wildman–Crippen MR) is 99.3 cm³/mol. The zero-order valence-corrected chi connectivity index (χ0v) is 14.8. The molecule has 0 amide bonds. The summed E-state index contributed by atoms with van der Waals surface area (Å²) < 4.78 is 11.1. The van der Waals surface area contributed by atoms with Gasteiger partial charge in [-0.05, 0) is 31.0 Å². The standard InChI is InChI=1S/C21H25NO3/c1-24-19-14-8-12-17(21(19)25-2)20(16-11-6-7-13-18(16)23)22-15-9-4-3-5-10-15/h3-5,8-10,12,14,16,20,22H,6-7,11,13H2,1-2H3/t16-,20-/m1/s1. The lowest BCUT2D eigenvalue weighted by molar-refractivity contribution is -0.125. The molecule has 0 aromatic heterocycles. The van der Waals surface area contributed by atoms with E-state index in [-0.39, 0.29) is 12.0 Å². The van der Waals surface area contributed by atoms with Gasteiger partial charge in [0.05, 0.1) is 20.3 Å². The fourth-order valence-corrected chi connectivity index (χ4v) is 3.63.